The highest BCUT2D eigenvalue weighted by Gasteiger charge is 2.47. The summed E-state index contributed by atoms with van der Waals surface area (Å²) in [6, 6.07) is 3.72. The Morgan fingerprint density at radius 2 is 2.24 bits per heavy atom. The predicted octanol–water partition coefficient (Wildman–Crippen LogP) is 2.23. The zero-order chi connectivity index (χ0) is 20.0. The standard InChI is InChI=1S/C22H29N5O2/c1-26(12-13-28)20-16-7-9-22(18(16)24-19(25-20)15-5-6-15)8-3-11-27(14-22)21(29)17-4-2-10-23-17/h2,4,10,15,23,28H,3,5-9,11-14H2,1H3. The number of nitrogens with one attached hydrogen (secondary N) is 1. The van der Waals surface area contributed by atoms with Gasteiger partial charge in [-0.2, -0.15) is 0 Å². The number of carbonyl (C=O) groups is 1. The molecule has 154 valence electrons. The predicted molar refractivity (Wildman–Crippen MR) is 110 cm³/mol. The lowest BCUT2D eigenvalue weighted by Gasteiger charge is -2.40. The number of hydrogen-bond donors (Lipinski definition) is 2. The number of likely N-dealkylation sites (tertiary alicyclic amines) is 1. The molecule has 1 atom stereocenters. The van der Waals surface area contributed by atoms with Crippen molar-refractivity contribution in [1.29, 1.82) is 0 Å². The molecule has 2 aliphatic carbocycles. The number of anilines is 1. The summed E-state index contributed by atoms with van der Waals surface area (Å²) in [7, 11) is 2.00. The zero-order valence-electron chi connectivity index (χ0n) is 17.0. The molecule has 29 heavy (non-hydrogen) atoms. The number of likely N-dealkylation sites (N-methyl/N-ethyl adjacent to an activating group) is 1. The molecular formula is C22H29N5O2. The fraction of sp³-hybridized carbons (Fsp3) is 0.591. The van der Waals surface area contributed by atoms with Crippen molar-refractivity contribution in [3.63, 3.8) is 0 Å². The van der Waals surface area contributed by atoms with Gasteiger partial charge in [-0.3, -0.25) is 4.79 Å². The largest absolute Gasteiger partial charge is 0.395 e. The van der Waals surface area contributed by atoms with E-state index in [2.05, 4.69) is 9.88 Å². The maximum Gasteiger partial charge on any atom is 0.270 e. The lowest BCUT2D eigenvalue weighted by atomic mass is 9.77. The minimum atomic E-state index is -0.0722. The topological polar surface area (TPSA) is 85.3 Å². The first kappa shape index (κ1) is 18.6. The van der Waals surface area contributed by atoms with Crippen molar-refractivity contribution < 1.29 is 9.90 Å². The van der Waals surface area contributed by atoms with Gasteiger partial charge in [-0.25, -0.2) is 9.97 Å². The molecule has 1 amide bonds. The highest BCUT2D eigenvalue weighted by atomic mass is 16.3. The van der Waals surface area contributed by atoms with Crippen molar-refractivity contribution in [3.05, 3.63) is 41.1 Å². The van der Waals surface area contributed by atoms with Gasteiger partial charge in [0.1, 0.15) is 17.3 Å². The third-order valence-electron chi connectivity index (χ3n) is 6.79. The third kappa shape index (κ3) is 3.21. The monoisotopic (exact) mass is 395 g/mol. The van der Waals surface area contributed by atoms with Gasteiger partial charge in [-0.05, 0) is 50.7 Å². The van der Waals surface area contributed by atoms with Crippen LogP contribution >= 0.6 is 0 Å². The molecule has 1 saturated heterocycles. The molecule has 5 rings (SSSR count). The number of aliphatic hydroxyl groups is 1. The van der Waals surface area contributed by atoms with Crippen molar-refractivity contribution >= 4 is 11.7 Å². The fourth-order valence-electron chi connectivity index (χ4n) is 5.07. The van der Waals surface area contributed by atoms with Crippen molar-refractivity contribution in [2.24, 2.45) is 0 Å². The second-order valence-electron chi connectivity index (χ2n) is 8.85. The molecule has 0 aromatic carbocycles. The average molecular weight is 396 g/mol. The third-order valence-corrected chi connectivity index (χ3v) is 6.79. The fourth-order valence-corrected chi connectivity index (χ4v) is 5.07. The van der Waals surface area contributed by atoms with Crippen molar-refractivity contribution in [1.82, 2.24) is 19.9 Å². The van der Waals surface area contributed by atoms with Crippen LogP contribution in [0.5, 0.6) is 0 Å². The molecule has 1 spiro atoms. The molecule has 0 bridgehead atoms. The molecule has 1 unspecified atom stereocenters. The summed E-state index contributed by atoms with van der Waals surface area (Å²) in [5.74, 6) is 2.49. The number of amides is 1. The molecular weight excluding hydrogens is 366 g/mol. The summed E-state index contributed by atoms with van der Waals surface area (Å²) in [5.41, 5.74) is 2.97. The van der Waals surface area contributed by atoms with E-state index in [1.165, 1.54) is 5.56 Å². The first-order valence-corrected chi connectivity index (χ1v) is 10.8. The highest BCUT2D eigenvalue weighted by Crippen LogP contribution is 2.48. The molecule has 1 aliphatic heterocycles. The van der Waals surface area contributed by atoms with Crippen LogP contribution < -0.4 is 4.90 Å². The smallest absolute Gasteiger partial charge is 0.270 e. The SMILES string of the molecule is CN(CCO)c1nc(C2CC2)nc2c1CCC21CCCN(C(=O)c2ccc[nH]2)C1. The Kier molecular flexibility index (Phi) is 4.57. The molecule has 7 nitrogen and oxygen atoms in total. The van der Waals surface area contributed by atoms with Gasteiger partial charge < -0.3 is 19.9 Å². The van der Waals surface area contributed by atoms with E-state index in [1.807, 2.05) is 24.1 Å². The van der Waals surface area contributed by atoms with Gasteiger partial charge in [-0.15, -0.1) is 0 Å². The van der Waals surface area contributed by atoms with Gasteiger partial charge in [0.15, 0.2) is 0 Å². The first-order valence-electron chi connectivity index (χ1n) is 10.8. The summed E-state index contributed by atoms with van der Waals surface area (Å²) in [4.78, 5) is 30.1. The minimum Gasteiger partial charge on any atom is -0.395 e. The number of piperidine rings is 1. The van der Waals surface area contributed by atoms with Crippen LogP contribution in [0.2, 0.25) is 0 Å². The molecule has 1 saturated carbocycles. The lowest BCUT2D eigenvalue weighted by molar-refractivity contribution is 0.0628. The summed E-state index contributed by atoms with van der Waals surface area (Å²) in [5, 5.41) is 9.43. The minimum absolute atomic E-state index is 0.0722. The van der Waals surface area contributed by atoms with Crippen LogP contribution in [0.3, 0.4) is 0 Å². The van der Waals surface area contributed by atoms with E-state index in [0.29, 0.717) is 18.2 Å². The molecule has 3 heterocycles. The number of H-pyrrole nitrogens is 1. The van der Waals surface area contributed by atoms with Crippen molar-refractivity contribution in [2.45, 2.75) is 49.9 Å². The number of aromatic nitrogens is 3. The molecule has 2 aromatic rings. The summed E-state index contributed by atoms with van der Waals surface area (Å²) < 4.78 is 0. The molecule has 2 fully saturated rings. The first-order chi connectivity index (χ1) is 14.1. The Bertz CT molecular complexity index is 908. The van der Waals surface area contributed by atoms with Gasteiger partial charge in [-0.1, -0.05) is 0 Å². The summed E-state index contributed by atoms with van der Waals surface area (Å²) in [6.07, 6.45) is 8.14. The Morgan fingerprint density at radius 1 is 1.38 bits per heavy atom. The van der Waals surface area contributed by atoms with Crippen LogP contribution in [-0.2, 0) is 11.8 Å². The molecule has 2 N–H and O–H groups in total. The van der Waals surface area contributed by atoms with Gasteiger partial charge in [0.05, 0.1) is 12.3 Å². The van der Waals surface area contributed by atoms with Crippen molar-refractivity contribution in [3.8, 4) is 0 Å². The van der Waals surface area contributed by atoms with E-state index in [9.17, 15) is 9.90 Å². The maximum absolute atomic E-state index is 13.0. The van der Waals surface area contributed by atoms with E-state index >= 15 is 0 Å². The van der Waals surface area contributed by atoms with Gasteiger partial charge in [0.25, 0.3) is 5.91 Å². The van der Waals surface area contributed by atoms with Crippen LogP contribution in [0, 0.1) is 0 Å². The molecule has 2 aromatic heterocycles. The Balaban J connectivity index is 1.51. The van der Waals surface area contributed by atoms with Gasteiger partial charge >= 0.3 is 0 Å². The van der Waals surface area contributed by atoms with E-state index in [0.717, 1.165) is 69.0 Å². The van der Waals surface area contributed by atoms with Crippen LogP contribution in [0.4, 0.5) is 5.82 Å². The van der Waals surface area contributed by atoms with E-state index < -0.39 is 0 Å². The number of carbonyl (C=O) groups excluding carboxylic acids is 1. The van der Waals surface area contributed by atoms with Crippen molar-refractivity contribution in [2.75, 3.05) is 38.2 Å². The summed E-state index contributed by atoms with van der Waals surface area (Å²) in [6.45, 7) is 2.20. The van der Waals surface area contributed by atoms with E-state index in [1.54, 1.807) is 6.20 Å². The van der Waals surface area contributed by atoms with E-state index in [4.69, 9.17) is 9.97 Å². The number of aromatic amines is 1. The van der Waals surface area contributed by atoms with E-state index in [-0.39, 0.29) is 17.9 Å². The van der Waals surface area contributed by atoms with Gasteiger partial charge in [0.2, 0.25) is 0 Å². The second kappa shape index (κ2) is 7.13. The Hall–Kier alpha value is -2.41. The molecule has 7 heteroatoms. The maximum atomic E-state index is 13.0. The Morgan fingerprint density at radius 3 is 2.97 bits per heavy atom. The number of aliphatic hydroxyl groups excluding tert-OH is 1. The van der Waals surface area contributed by atoms with Crippen LogP contribution in [0.15, 0.2) is 18.3 Å². The molecule has 0 radical (unpaired) electrons. The highest BCUT2D eigenvalue weighted by molar-refractivity contribution is 5.92. The zero-order valence-corrected chi connectivity index (χ0v) is 17.0. The number of fused-ring (bicyclic) bond motifs is 2. The van der Waals surface area contributed by atoms with Gasteiger partial charge in [0, 0.05) is 49.8 Å². The normalized spacial score (nSPS) is 23.4. The van der Waals surface area contributed by atoms with Crippen LogP contribution in [0.1, 0.15) is 65.6 Å². The Labute approximate surface area is 171 Å². The molecule has 3 aliphatic rings. The summed E-state index contributed by atoms with van der Waals surface area (Å²) >= 11 is 0. The quantitative estimate of drug-likeness (QED) is 0.811. The number of nitrogens with zero attached hydrogens (tertiary/aromatic N) is 4. The van der Waals surface area contributed by atoms with Crippen LogP contribution in [0.25, 0.3) is 0 Å². The average Bonchev–Trinajstić information content (AvgIpc) is 3.34. The second-order valence-corrected chi connectivity index (χ2v) is 8.85. The van der Waals surface area contributed by atoms with Crippen LogP contribution in [-0.4, -0.2) is 64.2 Å². The number of hydrogen-bond acceptors (Lipinski definition) is 5. The lowest BCUT2D eigenvalue weighted by Crippen LogP contribution is -2.48. The number of rotatable bonds is 5.